The van der Waals surface area contributed by atoms with Gasteiger partial charge in [-0.15, -0.1) is 0 Å². The lowest BCUT2D eigenvalue weighted by Crippen LogP contribution is -2.52. The van der Waals surface area contributed by atoms with E-state index in [9.17, 15) is 13.2 Å². The van der Waals surface area contributed by atoms with Crippen molar-refractivity contribution in [3.05, 3.63) is 23.4 Å². The molecule has 0 unspecified atom stereocenters. The molecular formula is C12H13F3N4. The molecule has 1 fully saturated rings. The van der Waals surface area contributed by atoms with Gasteiger partial charge in [0.1, 0.15) is 17.6 Å². The number of pyridine rings is 1. The minimum Gasteiger partial charge on any atom is -0.367 e. The number of nitrogens with zero attached hydrogens (tertiary/aromatic N) is 2. The van der Waals surface area contributed by atoms with Crippen molar-refractivity contribution in [3.8, 4) is 6.07 Å². The van der Waals surface area contributed by atoms with Crippen LogP contribution in [0.1, 0.15) is 30.5 Å². The van der Waals surface area contributed by atoms with Gasteiger partial charge >= 0.3 is 6.18 Å². The van der Waals surface area contributed by atoms with Crippen molar-refractivity contribution in [3.63, 3.8) is 0 Å². The normalized spacial score (nSPS) is 17.4. The minimum atomic E-state index is -4.53. The van der Waals surface area contributed by atoms with Crippen molar-refractivity contribution in [2.24, 2.45) is 5.73 Å². The molecule has 1 saturated carbocycles. The molecule has 4 nitrogen and oxygen atoms in total. The monoisotopic (exact) mass is 270 g/mol. The van der Waals surface area contributed by atoms with Crippen molar-refractivity contribution in [2.75, 3.05) is 11.9 Å². The molecule has 1 aromatic heterocycles. The number of alkyl halides is 3. The molecular weight excluding hydrogens is 257 g/mol. The Morgan fingerprint density at radius 1 is 1.42 bits per heavy atom. The summed E-state index contributed by atoms with van der Waals surface area (Å²) in [6.07, 6.45) is -1.87. The predicted molar refractivity (Wildman–Crippen MR) is 63.2 cm³/mol. The van der Waals surface area contributed by atoms with Gasteiger partial charge in [-0.1, -0.05) is 0 Å². The van der Waals surface area contributed by atoms with Gasteiger partial charge < -0.3 is 11.1 Å². The van der Waals surface area contributed by atoms with Gasteiger partial charge in [0.15, 0.2) is 0 Å². The molecule has 1 heterocycles. The number of halogens is 3. The summed E-state index contributed by atoms with van der Waals surface area (Å²) in [7, 11) is 0. The van der Waals surface area contributed by atoms with Crippen LogP contribution in [0.25, 0.3) is 0 Å². The van der Waals surface area contributed by atoms with Gasteiger partial charge in [-0.2, -0.15) is 18.4 Å². The first-order chi connectivity index (χ1) is 8.84. The quantitative estimate of drug-likeness (QED) is 0.883. The summed E-state index contributed by atoms with van der Waals surface area (Å²) in [6.45, 7) is 0.315. The second-order valence-corrected chi connectivity index (χ2v) is 4.77. The van der Waals surface area contributed by atoms with E-state index in [1.165, 1.54) is 0 Å². The summed E-state index contributed by atoms with van der Waals surface area (Å²) < 4.78 is 37.7. The fraction of sp³-hybridized carbons (Fsp3) is 0.500. The average molecular weight is 270 g/mol. The molecule has 0 spiro atoms. The van der Waals surface area contributed by atoms with E-state index in [2.05, 4.69) is 10.3 Å². The topological polar surface area (TPSA) is 74.7 Å². The largest absolute Gasteiger partial charge is 0.433 e. The minimum absolute atomic E-state index is 0.0611. The van der Waals surface area contributed by atoms with Gasteiger partial charge in [0, 0.05) is 12.1 Å². The summed E-state index contributed by atoms with van der Waals surface area (Å²) in [5.41, 5.74) is 4.63. The van der Waals surface area contributed by atoms with Crippen molar-refractivity contribution in [1.29, 1.82) is 5.26 Å². The second kappa shape index (κ2) is 4.70. The number of nitriles is 1. The maximum Gasteiger partial charge on any atom is 0.433 e. The summed E-state index contributed by atoms with van der Waals surface area (Å²) in [5, 5.41) is 11.6. The first-order valence-electron chi connectivity index (χ1n) is 5.85. The van der Waals surface area contributed by atoms with Crippen molar-refractivity contribution in [1.82, 2.24) is 4.98 Å². The van der Waals surface area contributed by atoms with E-state index in [1.807, 2.05) is 6.07 Å². The zero-order valence-electron chi connectivity index (χ0n) is 10.1. The van der Waals surface area contributed by atoms with Crippen LogP contribution >= 0.6 is 0 Å². The third kappa shape index (κ3) is 2.96. The fourth-order valence-electron chi connectivity index (χ4n) is 1.91. The molecule has 0 bridgehead atoms. The van der Waals surface area contributed by atoms with Crippen LogP contribution in [0, 0.1) is 11.3 Å². The highest BCUT2D eigenvalue weighted by Crippen LogP contribution is 2.31. The number of hydrogen-bond acceptors (Lipinski definition) is 4. The zero-order valence-corrected chi connectivity index (χ0v) is 10.1. The summed E-state index contributed by atoms with van der Waals surface area (Å²) >= 11 is 0. The summed E-state index contributed by atoms with van der Waals surface area (Å²) in [4.78, 5) is 3.46. The lowest BCUT2D eigenvalue weighted by Gasteiger charge is -2.38. The standard InChI is InChI=1S/C12H13F3N4/c13-12(14,15)9-3-2-8(6-16)10(19-9)18-7-11(17)4-1-5-11/h2-3H,1,4-5,7,17H2,(H,18,19). The van der Waals surface area contributed by atoms with Crippen LogP contribution in [0.2, 0.25) is 0 Å². The Morgan fingerprint density at radius 2 is 2.11 bits per heavy atom. The van der Waals surface area contributed by atoms with E-state index < -0.39 is 17.4 Å². The average Bonchev–Trinajstić information content (AvgIpc) is 2.32. The molecule has 0 aromatic carbocycles. The smallest absolute Gasteiger partial charge is 0.367 e. The SMILES string of the molecule is N#Cc1ccc(C(F)(F)F)nc1NCC1(N)CCC1. The molecule has 102 valence electrons. The number of nitrogens with two attached hydrogens (primary N) is 1. The Labute approximate surface area is 108 Å². The Hall–Kier alpha value is -1.81. The predicted octanol–water partition coefficient (Wildman–Crippen LogP) is 2.27. The van der Waals surface area contributed by atoms with E-state index >= 15 is 0 Å². The van der Waals surface area contributed by atoms with Crippen LogP contribution in [0.15, 0.2) is 12.1 Å². The van der Waals surface area contributed by atoms with Crippen molar-refractivity contribution >= 4 is 5.82 Å². The maximum absolute atomic E-state index is 12.6. The van der Waals surface area contributed by atoms with Gasteiger partial charge in [-0.25, -0.2) is 4.98 Å². The van der Waals surface area contributed by atoms with Gasteiger partial charge in [0.2, 0.25) is 0 Å². The van der Waals surface area contributed by atoms with Crippen LogP contribution in [-0.2, 0) is 6.18 Å². The van der Waals surface area contributed by atoms with Crippen LogP contribution in [0.4, 0.5) is 19.0 Å². The van der Waals surface area contributed by atoms with E-state index in [4.69, 9.17) is 11.0 Å². The highest BCUT2D eigenvalue weighted by Gasteiger charge is 2.34. The van der Waals surface area contributed by atoms with Gasteiger partial charge in [0.05, 0.1) is 5.56 Å². The molecule has 0 amide bonds. The molecule has 0 saturated heterocycles. The Morgan fingerprint density at radius 3 is 2.58 bits per heavy atom. The molecule has 0 aliphatic heterocycles. The van der Waals surface area contributed by atoms with E-state index in [0.717, 1.165) is 31.4 Å². The highest BCUT2D eigenvalue weighted by molar-refractivity contribution is 5.52. The molecule has 0 radical (unpaired) electrons. The van der Waals surface area contributed by atoms with Gasteiger partial charge in [-0.3, -0.25) is 0 Å². The molecule has 0 atom stereocenters. The first-order valence-corrected chi connectivity index (χ1v) is 5.85. The summed E-state index contributed by atoms with van der Waals surface area (Å²) in [5.74, 6) is -0.0611. The van der Waals surface area contributed by atoms with E-state index in [-0.39, 0.29) is 11.4 Å². The molecule has 3 N–H and O–H groups in total. The maximum atomic E-state index is 12.6. The van der Waals surface area contributed by atoms with Crippen LogP contribution in [-0.4, -0.2) is 17.1 Å². The number of rotatable bonds is 3. The number of anilines is 1. The number of aromatic nitrogens is 1. The van der Waals surface area contributed by atoms with Gasteiger partial charge in [-0.05, 0) is 31.4 Å². The summed E-state index contributed by atoms with van der Waals surface area (Å²) in [6, 6.07) is 3.72. The molecule has 2 rings (SSSR count). The Bertz CT molecular complexity index is 515. The van der Waals surface area contributed by atoms with E-state index in [0.29, 0.717) is 6.54 Å². The van der Waals surface area contributed by atoms with E-state index in [1.54, 1.807) is 0 Å². The molecule has 7 heteroatoms. The lowest BCUT2D eigenvalue weighted by atomic mass is 9.78. The second-order valence-electron chi connectivity index (χ2n) is 4.77. The third-order valence-electron chi connectivity index (χ3n) is 3.26. The highest BCUT2D eigenvalue weighted by atomic mass is 19.4. The Balaban J connectivity index is 2.19. The van der Waals surface area contributed by atoms with Crippen LogP contribution < -0.4 is 11.1 Å². The van der Waals surface area contributed by atoms with Gasteiger partial charge in [0.25, 0.3) is 0 Å². The zero-order chi connectivity index (χ0) is 14.1. The molecule has 1 aliphatic rings. The number of nitrogens with one attached hydrogen (secondary N) is 1. The molecule has 19 heavy (non-hydrogen) atoms. The van der Waals surface area contributed by atoms with Crippen molar-refractivity contribution in [2.45, 2.75) is 31.0 Å². The third-order valence-corrected chi connectivity index (χ3v) is 3.26. The van der Waals surface area contributed by atoms with Crippen molar-refractivity contribution < 1.29 is 13.2 Å². The molecule has 1 aromatic rings. The van der Waals surface area contributed by atoms with Crippen LogP contribution in [0.3, 0.4) is 0 Å². The van der Waals surface area contributed by atoms with Crippen LogP contribution in [0.5, 0.6) is 0 Å². The Kier molecular flexibility index (Phi) is 3.37. The first kappa shape index (κ1) is 13.6. The fourth-order valence-corrected chi connectivity index (χ4v) is 1.91. The lowest BCUT2D eigenvalue weighted by molar-refractivity contribution is -0.141. The number of hydrogen-bond donors (Lipinski definition) is 2. The molecule has 1 aliphatic carbocycles.